The van der Waals surface area contributed by atoms with Gasteiger partial charge in [0.15, 0.2) is 0 Å². The number of amides is 1. The number of piperidine rings is 1. The van der Waals surface area contributed by atoms with Crippen LogP contribution >= 0.6 is 0 Å². The third-order valence-electron chi connectivity index (χ3n) is 7.65. The largest absolute Gasteiger partial charge is 0.421 e. The molecule has 3 aliphatic rings. The normalized spacial score (nSPS) is 22.1. The van der Waals surface area contributed by atoms with Crippen LogP contribution in [0.1, 0.15) is 48.5 Å². The van der Waals surface area contributed by atoms with Crippen molar-refractivity contribution in [3.63, 3.8) is 0 Å². The summed E-state index contributed by atoms with van der Waals surface area (Å²) in [4.78, 5) is 37.6. The Hall–Kier alpha value is -3.23. The maximum absolute atomic E-state index is 13.2. The van der Waals surface area contributed by atoms with E-state index in [0.717, 1.165) is 31.3 Å². The molecule has 2 aromatic rings. The second-order valence-electron chi connectivity index (χ2n) is 10.2. The molecule has 15 heteroatoms. The van der Waals surface area contributed by atoms with Crippen LogP contribution in [0.15, 0.2) is 23.3 Å². The van der Waals surface area contributed by atoms with Crippen LogP contribution in [0.2, 0.25) is 0 Å². The number of anilines is 1. The summed E-state index contributed by atoms with van der Waals surface area (Å²) in [6, 6.07) is 0.261. The van der Waals surface area contributed by atoms with Gasteiger partial charge in [-0.3, -0.25) is 14.5 Å². The van der Waals surface area contributed by atoms with Gasteiger partial charge in [0.2, 0.25) is 11.9 Å². The minimum absolute atomic E-state index is 0.0331. The molecule has 3 saturated heterocycles. The van der Waals surface area contributed by atoms with E-state index in [1.54, 1.807) is 9.80 Å². The first-order valence-corrected chi connectivity index (χ1v) is 12.2. The number of H-pyrrole nitrogens is 1. The molecule has 0 radical (unpaired) electrons. The Balaban J connectivity index is 1.15. The molecule has 0 aliphatic carbocycles. The third kappa shape index (κ3) is 5.20. The summed E-state index contributed by atoms with van der Waals surface area (Å²) in [5.74, 6) is 0.112. The van der Waals surface area contributed by atoms with Crippen molar-refractivity contribution in [3.8, 4) is 0 Å². The molecule has 0 saturated carbocycles. The molecule has 5 rings (SSSR count). The van der Waals surface area contributed by atoms with Crippen LogP contribution in [0.5, 0.6) is 0 Å². The fraction of sp³-hybridized carbons (Fsp3) is 0.609. The molecule has 5 heterocycles. The maximum Gasteiger partial charge on any atom is 0.421 e. The predicted octanol–water partition coefficient (Wildman–Crippen LogP) is 2.86. The Labute approximate surface area is 212 Å². The summed E-state index contributed by atoms with van der Waals surface area (Å²) in [5, 5.41) is 5.74. The maximum atomic E-state index is 13.2. The average Bonchev–Trinajstić information content (AvgIpc) is 3.29. The molecular weight excluding hydrogens is 520 g/mol. The van der Waals surface area contributed by atoms with Gasteiger partial charge in [0.05, 0.1) is 23.8 Å². The smallest absolute Gasteiger partial charge is 0.342 e. The number of carbonyl (C=O) groups is 1. The third-order valence-corrected chi connectivity index (χ3v) is 7.65. The summed E-state index contributed by atoms with van der Waals surface area (Å²) in [5.41, 5.74) is -3.49. The van der Waals surface area contributed by atoms with E-state index in [1.807, 2.05) is 10.00 Å². The van der Waals surface area contributed by atoms with Crippen molar-refractivity contribution >= 4 is 11.9 Å². The Bertz CT molecular complexity index is 1230. The van der Waals surface area contributed by atoms with Gasteiger partial charge in [-0.05, 0) is 38.3 Å². The molecule has 2 aromatic heterocycles. The molecule has 1 amide bonds. The van der Waals surface area contributed by atoms with Gasteiger partial charge in [-0.2, -0.15) is 31.4 Å². The summed E-state index contributed by atoms with van der Waals surface area (Å²) < 4.78 is 77.7. The van der Waals surface area contributed by atoms with Crippen molar-refractivity contribution in [2.75, 3.05) is 44.2 Å². The monoisotopic (exact) mass is 545 g/mol. The quantitative estimate of drug-likeness (QED) is 0.591. The van der Waals surface area contributed by atoms with Crippen LogP contribution in [0.25, 0.3) is 0 Å². The van der Waals surface area contributed by atoms with Gasteiger partial charge in [-0.15, -0.1) is 0 Å². The predicted molar refractivity (Wildman–Crippen MR) is 121 cm³/mol. The number of halogens is 6. The Morgan fingerprint density at radius 1 is 1.03 bits per heavy atom. The van der Waals surface area contributed by atoms with Gasteiger partial charge in [-0.25, -0.2) is 15.1 Å². The first kappa shape index (κ1) is 26.4. The van der Waals surface area contributed by atoms with Gasteiger partial charge in [-0.1, -0.05) is 0 Å². The van der Waals surface area contributed by atoms with Crippen molar-refractivity contribution in [2.24, 2.45) is 5.41 Å². The number of rotatable bonds is 4. The van der Waals surface area contributed by atoms with E-state index in [1.165, 1.54) is 0 Å². The number of likely N-dealkylation sites (tertiary alicyclic amines) is 2. The molecule has 1 unspecified atom stereocenters. The van der Waals surface area contributed by atoms with Crippen LogP contribution in [-0.4, -0.2) is 75.1 Å². The van der Waals surface area contributed by atoms with Gasteiger partial charge in [0.25, 0.3) is 5.56 Å². The van der Waals surface area contributed by atoms with E-state index in [4.69, 9.17) is 0 Å². The van der Waals surface area contributed by atoms with Crippen LogP contribution < -0.4 is 10.5 Å². The molecule has 1 spiro atoms. The van der Waals surface area contributed by atoms with Gasteiger partial charge in [0, 0.05) is 44.0 Å². The lowest BCUT2D eigenvalue weighted by atomic mass is 9.72. The van der Waals surface area contributed by atoms with Gasteiger partial charge >= 0.3 is 12.4 Å². The van der Waals surface area contributed by atoms with Crippen molar-refractivity contribution in [2.45, 2.75) is 44.1 Å². The zero-order valence-corrected chi connectivity index (χ0v) is 20.1. The molecule has 3 aliphatic heterocycles. The molecule has 0 aromatic carbocycles. The van der Waals surface area contributed by atoms with E-state index in [2.05, 4.69) is 15.1 Å². The topological polar surface area (TPSA) is 98.3 Å². The van der Waals surface area contributed by atoms with Crippen LogP contribution in [0, 0.1) is 5.41 Å². The van der Waals surface area contributed by atoms with E-state index >= 15 is 0 Å². The first-order valence-electron chi connectivity index (χ1n) is 12.2. The Morgan fingerprint density at radius 2 is 1.68 bits per heavy atom. The summed E-state index contributed by atoms with van der Waals surface area (Å²) in [6.07, 6.45) is -5.11. The molecule has 3 fully saturated rings. The zero-order chi connectivity index (χ0) is 27.3. The number of alkyl halides is 6. The van der Waals surface area contributed by atoms with Crippen LogP contribution in [0.3, 0.4) is 0 Å². The van der Waals surface area contributed by atoms with Crippen molar-refractivity contribution in [1.29, 1.82) is 0 Å². The zero-order valence-electron chi connectivity index (χ0n) is 20.1. The number of nitrogens with one attached hydrogen (secondary N) is 1. The van der Waals surface area contributed by atoms with Crippen molar-refractivity contribution in [1.82, 2.24) is 30.0 Å². The number of aromatic amines is 1. The summed E-state index contributed by atoms with van der Waals surface area (Å²) >= 11 is 0. The molecule has 206 valence electrons. The minimum atomic E-state index is -4.80. The van der Waals surface area contributed by atoms with Crippen LogP contribution in [0.4, 0.5) is 32.3 Å². The average molecular weight is 545 g/mol. The van der Waals surface area contributed by atoms with Gasteiger partial charge < -0.3 is 9.80 Å². The van der Waals surface area contributed by atoms with Crippen LogP contribution in [-0.2, 0) is 17.1 Å². The first-order chi connectivity index (χ1) is 17.8. The number of carbonyl (C=O) groups excluding carboxylic acids is 1. The van der Waals surface area contributed by atoms with Crippen molar-refractivity contribution in [3.05, 3.63) is 45.6 Å². The fourth-order valence-corrected chi connectivity index (χ4v) is 5.51. The lowest BCUT2D eigenvalue weighted by Crippen LogP contribution is -2.61. The lowest BCUT2D eigenvalue weighted by Gasteiger charge is -2.54. The van der Waals surface area contributed by atoms with E-state index in [0.29, 0.717) is 45.6 Å². The molecule has 9 nitrogen and oxygen atoms in total. The standard InChI is InChI=1S/C23H25F6N7O2/c24-22(25,26)14-9-30-20(31-10-14)36-12-21(13-36)3-6-34(7-4-21)18(37)11-35-5-1-2-17(35)16-8-15(23(27,28)29)19(38)33-32-16/h8-10,17H,1-7,11-13H2,(H,33,38). The second-order valence-corrected chi connectivity index (χ2v) is 10.2. The number of hydrogen-bond acceptors (Lipinski definition) is 7. The highest BCUT2D eigenvalue weighted by Crippen LogP contribution is 2.42. The minimum Gasteiger partial charge on any atom is -0.342 e. The molecule has 1 N–H and O–H groups in total. The second kappa shape index (κ2) is 9.50. The Morgan fingerprint density at radius 3 is 2.29 bits per heavy atom. The number of hydrogen-bond donors (Lipinski definition) is 1. The molecule has 1 atom stereocenters. The van der Waals surface area contributed by atoms with E-state index in [9.17, 15) is 35.9 Å². The number of nitrogens with zero attached hydrogens (tertiary/aromatic N) is 6. The SMILES string of the molecule is O=C(CN1CCCC1c1cc(C(F)(F)F)c(=O)[nH]n1)N1CCC2(CC1)CN(c1ncc(C(F)(F)F)cn1)C2. The number of aromatic nitrogens is 4. The molecular formula is C23H25F6N7O2. The Kier molecular flexibility index (Phi) is 6.60. The highest BCUT2D eigenvalue weighted by atomic mass is 19.4. The van der Waals surface area contributed by atoms with E-state index in [-0.39, 0.29) is 29.5 Å². The van der Waals surface area contributed by atoms with E-state index < -0.39 is 35.1 Å². The highest BCUT2D eigenvalue weighted by molar-refractivity contribution is 5.78. The summed E-state index contributed by atoms with van der Waals surface area (Å²) in [6.45, 7) is 2.76. The molecule has 0 bridgehead atoms. The lowest BCUT2D eigenvalue weighted by molar-refractivity contribution is -0.139. The summed E-state index contributed by atoms with van der Waals surface area (Å²) in [7, 11) is 0. The molecule has 38 heavy (non-hydrogen) atoms. The van der Waals surface area contributed by atoms with Gasteiger partial charge in [0.1, 0.15) is 5.56 Å². The highest BCUT2D eigenvalue weighted by Gasteiger charge is 2.47. The fourth-order valence-electron chi connectivity index (χ4n) is 5.51. The van der Waals surface area contributed by atoms with Crippen molar-refractivity contribution < 1.29 is 31.1 Å².